The van der Waals surface area contributed by atoms with E-state index in [9.17, 15) is 14.9 Å². The Labute approximate surface area is 187 Å². The molecule has 0 bridgehead atoms. The van der Waals surface area contributed by atoms with Crippen molar-refractivity contribution in [1.82, 2.24) is 4.68 Å². The molecule has 158 valence electrons. The third-order valence-electron chi connectivity index (χ3n) is 4.77. The first-order valence-electron chi connectivity index (χ1n) is 9.16. The van der Waals surface area contributed by atoms with Gasteiger partial charge >= 0.3 is 0 Å². The molecule has 1 aliphatic heterocycles. The molecule has 1 aromatic carbocycles. The minimum Gasteiger partial charge on any atom is -0.496 e. The Morgan fingerprint density at radius 1 is 1.16 bits per heavy atom. The fraction of sp³-hybridized carbons (Fsp3) is 0.143. The molecule has 2 aromatic heterocycles. The predicted molar refractivity (Wildman–Crippen MR) is 123 cm³/mol. The number of amides is 1. The standard InChI is InChI=1S/C21H17N3O5S2/c1-12-4-5-13(2)22(12)23-20(25)19(31-21(23)30)11-15-7-9-17(29-15)16-8-6-14(24(26)27)10-18(16)28-3/h4-11H,1-3H3. The van der Waals surface area contributed by atoms with Gasteiger partial charge in [-0.15, -0.1) is 0 Å². The van der Waals surface area contributed by atoms with Crippen LogP contribution in [0.5, 0.6) is 5.75 Å². The monoisotopic (exact) mass is 455 g/mol. The second-order valence-electron chi connectivity index (χ2n) is 6.77. The summed E-state index contributed by atoms with van der Waals surface area (Å²) in [7, 11) is 1.43. The third kappa shape index (κ3) is 3.75. The van der Waals surface area contributed by atoms with Crippen LogP contribution >= 0.6 is 24.0 Å². The highest BCUT2D eigenvalue weighted by Gasteiger charge is 2.35. The Hall–Kier alpha value is -3.37. The van der Waals surface area contributed by atoms with Crippen molar-refractivity contribution in [2.75, 3.05) is 12.1 Å². The number of carbonyl (C=O) groups excluding carboxylic acids is 1. The molecule has 1 saturated heterocycles. The quantitative estimate of drug-likeness (QED) is 0.236. The number of hydrogen-bond donors (Lipinski definition) is 0. The summed E-state index contributed by atoms with van der Waals surface area (Å²) in [6.45, 7) is 3.82. The Morgan fingerprint density at radius 2 is 1.87 bits per heavy atom. The number of non-ortho nitro benzene ring substituents is 1. The molecule has 0 N–H and O–H groups in total. The summed E-state index contributed by atoms with van der Waals surface area (Å²) in [6.07, 6.45) is 1.63. The van der Waals surface area contributed by atoms with Crippen molar-refractivity contribution in [2.24, 2.45) is 0 Å². The SMILES string of the molecule is COc1cc([N+](=O)[O-])ccc1-c1ccc(C=C2SC(=S)N(n3c(C)ccc3C)C2=O)o1. The van der Waals surface area contributed by atoms with Gasteiger partial charge in [-0.1, -0.05) is 11.8 Å². The van der Waals surface area contributed by atoms with Crippen molar-refractivity contribution in [1.29, 1.82) is 0 Å². The Kier molecular flexibility index (Phi) is 5.42. The lowest BCUT2D eigenvalue weighted by molar-refractivity contribution is -0.384. The van der Waals surface area contributed by atoms with Crippen LogP contribution in [0.25, 0.3) is 17.4 Å². The van der Waals surface area contributed by atoms with Gasteiger partial charge in [0.2, 0.25) is 0 Å². The molecule has 4 rings (SSSR count). The highest BCUT2D eigenvalue weighted by molar-refractivity contribution is 8.27. The molecule has 0 spiro atoms. The molecule has 1 aliphatic rings. The summed E-state index contributed by atoms with van der Waals surface area (Å²) in [5, 5.41) is 12.5. The number of furan rings is 1. The van der Waals surface area contributed by atoms with E-state index in [2.05, 4.69) is 0 Å². The van der Waals surface area contributed by atoms with Gasteiger partial charge in [0.15, 0.2) is 4.32 Å². The number of aromatic nitrogens is 1. The molecule has 0 saturated carbocycles. The molecule has 1 fully saturated rings. The van der Waals surface area contributed by atoms with Crippen molar-refractivity contribution >= 4 is 46.0 Å². The minimum absolute atomic E-state index is 0.0772. The van der Waals surface area contributed by atoms with Gasteiger partial charge in [0.25, 0.3) is 11.6 Å². The number of methoxy groups -OCH3 is 1. The van der Waals surface area contributed by atoms with Gasteiger partial charge in [-0.25, -0.2) is 0 Å². The zero-order valence-electron chi connectivity index (χ0n) is 16.8. The lowest BCUT2D eigenvalue weighted by Gasteiger charge is -2.20. The van der Waals surface area contributed by atoms with Gasteiger partial charge in [0, 0.05) is 23.5 Å². The molecule has 1 amide bonds. The van der Waals surface area contributed by atoms with Gasteiger partial charge in [0.05, 0.1) is 28.6 Å². The maximum absolute atomic E-state index is 13.0. The van der Waals surface area contributed by atoms with Crippen LogP contribution < -0.4 is 9.75 Å². The van der Waals surface area contributed by atoms with E-state index in [1.54, 1.807) is 29.0 Å². The highest BCUT2D eigenvalue weighted by Crippen LogP contribution is 2.36. The predicted octanol–water partition coefficient (Wildman–Crippen LogP) is 4.82. The average Bonchev–Trinajstić information content (AvgIpc) is 3.41. The lowest BCUT2D eigenvalue weighted by atomic mass is 10.1. The first kappa shape index (κ1) is 20.9. The number of carbonyl (C=O) groups is 1. The van der Waals surface area contributed by atoms with Crippen LogP contribution in [0.4, 0.5) is 5.69 Å². The fourth-order valence-electron chi connectivity index (χ4n) is 3.31. The van der Waals surface area contributed by atoms with Crippen molar-refractivity contribution in [3.05, 3.63) is 74.6 Å². The number of hydrogen-bond acceptors (Lipinski definition) is 7. The van der Waals surface area contributed by atoms with E-state index in [0.717, 1.165) is 11.4 Å². The van der Waals surface area contributed by atoms with Crippen LogP contribution in [-0.2, 0) is 4.79 Å². The number of nitrogens with zero attached hydrogens (tertiary/aromatic N) is 3. The normalized spacial score (nSPS) is 15.2. The fourth-order valence-corrected chi connectivity index (χ4v) is 4.53. The summed E-state index contributed by atoms with van der Waals surface area (Å²) < 4.78 is 13.4. The summed E-state index contributed by atoms with van der Waals surface area (Å²) >= 11 is 6.63. The Morgan fingerprint density at radius 3 is 2.52 bits per heavy atom. The number of aryl methyl sites for hydroxylation is 2. The number of nitro benzene ring substituents is 1. The zero-order valence-corrected chi connectivity index (χ0v) is 18.5. The molecule has 0 unspecified atom stereocenters. The second kappa shape index (κ2) is 8.05. The largest absolute Gasteiger partial charge is 0.496 e. The Bertz CT molecular complexity index is 1240. The summed E-state index contributed by atoms with van der Waals surface area (Å²) in [5.74, 6) is 1.01. The lowest BCUT2D eigenvalue weighted by Crippen LogP contribution is -2.39. The molecule has 3 heterocycles. The van der Waals surface area contributed by atoms with E-state index in [-0.39, 0.29) is 11.6 Å². The van der Waals surface area contributed by atoms with Crippen LogP contribution in [-0.4, -0.2) is 26.9 Å². The van der Waals surface area contributed by atoms with Gasteiger partial charge in [0.1, 0.15) is 17.3 Å². The molecule has 0 atom stereocenters. The summed E-state index contributed by atoms with van der Waals surface area (Å²) in [5.41, 5.74) is 2.30. The second-order valence-corrected chi connectivity index (χ2v) is 8.44. The topological polar surface area (TPSA) is 90.8 Å². The number of thiocarbonyl (C=S) groups is 1. The smallest absolute Gasteiger partial charge is 0.285 e. The molecule has 0 aliphatic carbocycles. The minimum atomic E-state index is -0.490. The molecule has 31 heavy (non-hydrogen) atoms. The maximum Gasteiger partial charge on any atom is 0.285 e. The van der Waals surface area contributed by atoms with Crippen LogP contribution in [0.15, 0.2) is 51.8 Å². The van der Waals surface area contributed by atoms with Crippen molar-refractivity contribution in [3.63, 3.8) is 0 Å². The van der Waals surface area contributed by atoms with Gasteiger partial charge in [-0.05, 0) is 56.4 Å². The number of thioether (sulfide) groups is 1. The van der Waals surface area contributed by atoms with Crippen LogP contribution in [0.1, 0.15) is 17.1 Å². The summed E-state index contributed by atoms with van der Waals surface area (Å²) in [6, 6.07) is 11.6. The first-order chi connectivity index (χ1) is 14.8. The number of rotatable bonds is 5. The van der Waals surface area contributed by atoms with Crippen LogP contribution in [0, 0.1) is 24.0 Å². The van der Waals surface area contributed by atoms with E-state index in [1.165, 1.54) is 36.0 Å². The average molecular weight is 456 g/mol. The highest BCUT2D eigenvalue weighted by atomic mass is 32.2. The van der Waals surface area contributed by atoms with Crippen LogP contribution in [0.2, 0.25) is 0 Å². The van der Waals surface area contributed by atoms with Gasteiger partial charge in [-0.3, -0.25) is 19.6 Å². The van der Waals surface area contributed by atoms with E-state index in [1.807, 2.05) is 26.0 Å². The molecule has 10 heteroatoms. The van der Waals surface area contributed by atoms with E-state index >= 15 is 0 Å². The number of nitro groups is 1. The third-order valence-corrected chi connectivity index (χ3v) is 6.05. The van der Waals surface area contributed by atoms with Crippen molar-refractivity contribution < 1.29 is 18.9 Å². The molecule has 3 aromatic rings. The maximum atomic E-state index is 13.0. The van der Waals surface area contributed by atoms with Gasteiger partial charge < -0.3 is 9.15 Å². The van der Waals surface area contributed by atoms with Crippen molar-refractivity contribution in [3.8, 4) is 17.1 Å². The van der Waals surface area contributed by atoms with Gasteiger partial charge in [-0.2, -0.15) is 5.01 Å². The zero-order chi connectivity index (χ0) is 22.3. The van der Waals surface area contributed by atoms with E-state index in [0.29, 0.717) is 32.1 Å². The number of ether oxygens (including phenoxy) is 1. The molecular formula is C21H17N3O5S2. The van der Waals surface area contributed by atoms with E-state index in [4.69, 9.17) is 21.4 Å². The molecule has 0 radical (unpaired) electrons. The Balaban J connectivity index is 1.64. The molecule has 8 nitrogen and oxygen atoms in total. The number of benzene rings is 1. The van der Waals surface area contributed by atoms with E-state index < -0.39 is 4.92 Å². The molecular weight excluding hydrogens is 438 g/mol. The van der Waals surface area contributed by atoms with Crippen LogP contribution in [0.3, 0.4) is 0 Å². The first-order valence-corrected chi connectivity index (χ1v) is 10.4. The summed E-state index contributed by atoms with van der Waals surface area (Å²) in [4.78, 5) is 23.9. The van der Waals surface area contributed by atoms with Crippen molar-refractivity contribution in [2.45, 2.75) is 13.8 Å².